The van der Waals surface area contributed by atoms with Gasteiger partial charge in [-0.05, 0) is 85.5 Å². The average Bonchev–Trinajstić information content (AvgIpc) is 3.63. The zero-order valence-electron chi connectivity index (χ0n) is 26.4. The van der Waals surface area contributed by atoms with Crippen molar-refractivity contribution < 1.29 is 22.7 Å². The van der Waals surface area contributed by atoms with E-state index < -0.39 is 6.36 Å². The molecular formula is C35H36F3N5O2S. The predicted octanol–water partition coefficient (Wildman–Crippen LogP) is 8.51. The molecule has 0 saturated heterocycles. The second-order valence-corrected chi connectivity index (χ2v) is 12.7. The normalized spacial score (nSPS) is 12.9. The lowest BCUT2D eigenvalue weighted by Crippen LogP contribution is -2.18. The monoisotopic (exact) mass is 647 g/mol. The molecule has 2 aromatic heterocycles. The molecule has 2 heterocycles. The number of amides is 1. The molecule has 0 bridgehead atoms. The van der Waals surface area contributed by atoms with Gasteiger partial charge in [-0.2, -0.15) is 4.99 Å². The maximum atomic E-state index is 13.0. The molecule has 1 amide bonds. The van der Waals surface area contributed by atoms with Crippen LogP contribution < -0.4 is 9.54 Å². The number of carbonyl (C=O) groups is 1. The minimum Gasteiger partial charge on any atom is -0.406 e. The highest BCUT2D eigenvalue weighted by atomic mass is 32.1. The van der Waals surface area contributed by atoms with Crippen LogP contribution in [0.25, 0.3) is 22.8 Å². The maximum absolute atomic E-state index is 13.0. The SMILES string of the molecule is Cc1ccc(C(C)C)c(-n2c(C)csc2=NC(=O)CCC(C)Cc2ccc(-c3ncn(-c4ccc(OC(F)(F)F)cc4)n3)cc2)c1. The van der Waals surface area contributed by atoms with E-state index in [-0.39, 0.29) is 17.6 Å². The Balaban J connectivity index is 1.19. The molecule has 240 valence electrons. The molecule has 5 aromatic rings. The number of hydrogen-bond donors (Lipinski definition) is 0. The van der Waals surface area contributed by atoms with Gasteiger partial charge in [-0.25, -0.2) is 9.67 Å². The Bertz CT molecular complexity index is 1870. The molecule has 11 heteroatoms. The summed E-state index contributed by atoms with van der Waals surface area (Å²) in [6.45, 7) is 10.6. The van der Waals surface area contributed by atoms with E-state index in [2.05, 4.69) is 70.3 Å². The summed E-state index contributed by atoms with van der Waals surface area (Å²) in [6.07, 6.45) is -1.34. The van der Waals surface area contributed by atoms with Crippen molar-refractivity contribution in [2.75, 3.05) is 0 Å². The lowest BCUT2D eigenvalue weighted by molar-refractivity contribution is -0.274. The van der Waals surface area contributed by atoms with Crippen molar-refractivity contribution in [2.45, 2.75) is 66.2 Å². The third-order valence-electron chi connectivity index (χ3n) is 7.62. The largest absolute Gasteiger partial charge is 0.573 e. The first-order chi connectivity index (χ1) is 21.9. The van der Waals surface area contributed by atoms with Crippen molar-refractivity contribution in [3.8, 4) is 28.5 Å². The molecule has 1 atom stereocenters. The highest BCUT2D eigenvalue weighted by Gasteiger charge is 2.31. The fraction of sp³-hybridized carbons (Fsp3) is 0.314. The molecule has 46 heavy (non-hydrogen) atoms. The molecule has 3 aromatic carbocycles. The van der Waals surface area contributed by atoms with Gasteiger partial charge in [0, 0.05) is 23.1 Å². The van der Waals surface area contributed by atoms with Crippen LogP contribution in [-0.2, 0) is 11.2 Å². The van der Waals surface area contributed by atoms with Crippen LogP contribution in [0.15, 0.2) is 83.4 Å². The number of thiazole rings is 1. The summed E-state index contributed by atoms with van der Waals surface area (Å²) in [7, 11) is 0. The molecule has 1 unspecified atom stereocenters. The van der Waals surface area contributed by atoms with Crippen LogP contribution in [0.2, 0.25) is 0 Å². The first-order valence-electron chi connectivity index (χ1n) is 15.1. The summed E-state index contributed by atoms with van der Waals surface area (Å²) in [5.74, 6) is 0.679. The first-order valence-corrected chi connectivity index (χ1v) is 16.0. The fourth-order valence-electron chi connectivity index (χ4n) is 5.25. The third kappa shape index (κ3) is 8.20. The van der Waals surface area contributed by atoms with Gasteiger partial charge in [-0.1, -0.05) is 57.2 Å². The van der Waals surface area contributed by atoms with Crippen LogP contribution >= 0.6 is 11.3 Å². The summed E-state index contributed by atoms with van der Waals surface area (Å²) < 4.78 is 44.8. The van der Waals surface area contributed by atoms with Crippen LogP contribution in [0.5, 0.6) is 5.75 Å². The molecule has 0 aliphatic rings. The summed E-state index contributed by atoms with van der Waals surface area (Å²) in [4.78, 5) is 22.6. The maximum Gasteiger partial charge on any atom is 0.573 e. The lowest BCUT2D eigenvalue weighted by atomic mass is 9.96. The zero-order chi connectivity index (χ0) is 33.0. The number of ether oxygens (including phenoxy) is 1. The van der Waals surface area contributed by atoms with Gasteiger partial charge in [-0.15, -0.1) is 29.6 Å². The number of alkyl halides is 3. The van der Waals surface area contributed by atoms with Crippen molar-refractivity contribution in [1.82, 2.24) is 19.3 Å². The number of benzene rings is 3. The lowest BCUT2D eigenvalue weighted by Gasteiger charge is -2.16. The molecule has 0 aliphatic heterocycles. The molecular weight excluding hydrogens is 611 g/mol. The van der Waals surface area contributed by atoms with Gasteiger partial charge in [0.25, 0.3) is 0 Å². The van der Waals surface area contributed by atoms with Gasteiger partial charge in [0.2, 0.25) is 5.91 Å². The quantitative estimate of drug-likeness (QED) is 0.152. The fourth-order valence-corrected chi connectivity index (χ4v) is 6.13. The van der Waals surface area contributed by atoms with Crippen molar-refractivity contribution in [1.29, 1.82) is 0 Å². The molecule has 5 rings (SSSR count). The van der Waals surface area contributed by atoms with Crippen LogP contribution in [0, 0.1) is 19.8 Å². The number of nitrogens with zero attached hydrogens (tertiary/aromatic N) is 5. The Morgan fingerprint density at radius 2 is 1.72 bits per heavy atom. The number of aryl methyl sites for hydroxylation is 2. The summed E-state index contributed by atoms with van der Waals surface area (Å²) in [6, 6.07) is 19.8. The summed E-state index contributed by atoms with van der Waals surface area (Å²) >= 11 is 1.49. The highest BCUT2D eigenvalue weighted by molar-refractivity contribution is 7.07. The molecule has 0 N–H and O–H groups in total. The molecule has 0 saturated carbocycles. The minimum atomic E-state index is -4.74. The average molecular weight is 648 g/mol. The van der Waals surface area contributed by atoms with Gasteiger partial charge in [0.05, 0.1) is 11.4 Å². The topological polar surface area (TPSA) is 74.3 Å². The Morgan fingerprint density at radius 3 is 2.39 bits per heavy atom. The van der Waals surface area contributed by atoms with Crippen LogP contribution in [0.3, 0.4) is 0 Å². The Hall–Kier alpha value is -4.51. The van der Waals surface area contributed by atoms with E-state index in [1.54, 1.807) is 0 Å². The second-order valence-electron chi connectivity index (χ2n) is 11.8. The van der Waals surface area contributed by atoms with Gasteiger partial charge < -0.3 is 4.74 Å². The van der Waals surface area contributed by atoms with Gasteiger partial charge >= 0.3 is 6.36 Å². The zero-order valence-corrected chi connectivity index (χ0v) is 27.2. The van der Waals surface area contributed by atoms with E-state index in [0.29, 0.717) is 28.7 Å². The standard InChI is InChI=1S/C35H36F3N5O2S/c1-22(2)30-16-6-24(4)19-31(30)43-25(5)20-46-34(43)40-32(44)17-7-23(3)18-26-8-10-27(11-9-26)33-39-21-42(41-33)28-12-14-29(15-13-28)45-35(36,37)38/h6,8-16,19-23H,7,17-18H2,1-5H3. The van der Waals surface area contributed by atoms with Crippen LogP contribution in [0.4, 0.5) is 13.2 Å². The van der Waals surface area contributed by atoms with Gasteiger partial charge in [0.1, 0.15) is 12.1 Å². The first kappa shape index (κ1) is 32.9. The van der Waals surface area contributed by atoms with E-state index in [1.165, 1.54) is 52.2 Å². The number of halogens is 3. The Kier molecular flexibility index (Phi) is 9.91. The van der Waals surface area contributed by atoms with Crippen LogP contribution in [-0.4, -0.2) is 31.6 Å². The van der Waals surface area contributed by atoms with Gasteiger partial charge in [-0.3, -0.25) is 9.36 Å². The van der Waals surface area contributed by atoms with Crippen molar-refractivity contribution >= 4 is 17.2 Å². The van der Waals surface area contributed by atoms with Crippen molar-refractivity contribution in [3.05, 3.63) is 106 Å². The highest BCUT2D eigenvalue weighted by Crippen LogP contribution is 2.26. The van der Waals surface area contributed by atoms with E-state index in [0.717, 1.165) is 40.9 Å². The molecule has 0 spiro atoms. The van der Waals surface area contributed by atoms with E-state index in [9.17, 15) is 18.0 Å². The smallest absolute Gasteiger partial charge is 0.406 e. The van der Waals surface area contributed by atoms with E-state index in [1.807, 2.05) is 36.6 Å². The van der Waals surface area contributed by atoms with Crippen molar-refractivity contribution in [2.24, 2.45) is 10.9 Å². The Morgan fingerprint density at radius 1 is 1.00 bits per heavy atom. The predicted molar refractivity (Wildman–Crippen MR) is 173 cm³/mol. The number of hydrogen-bond acceptors (Lipinski definition) is 5. The molecule has 0 fully saturated rings. The number of rotatable bonds is 10. The summed E-state index contributed by atoms with van der Waals surface area (Å²) in [5.41, 5.74) is 7.01. The molecule has 7 nitrogen and oxygen atoms in total. The third-order valence-corrected chi connectivity index (χ3v) is 8.57. The number of aromatic nitrogens is 4. The number of carbonyl (C=O) groups excluding carboxylic acids is 1. The minimum absolute atomic E-state index is 0.124. The molecule has 0 aliphatic carbocycles. The van der Waals surface area contributed by atoms with Gasteiger partial charge in [0.15, 0.2) is 10.6 Å². The van der Waals surface area contributed by atoms with Crippen LogP contribution in [0.1, 0.15) is 61.9 Å². The summed E-state index contributed by atoms with van der Waals surface area (Å²) in [5, 5.41) is 6.51. The Labute approximate surface area is 270 Å². The van der Waals surface area contributed by atoms with Crippen molar-refractivity contribution in [3.63, 3.8) is 0 Å². The van der Waals surface area contributed by atoms with E-state index in [4.69, 9.17) is 0 Å². The second kappa shape index (κ2) is 13.9. The molecule has 0 radical (unpaired) electrons. The van der Waals surface area contributed by atoms with E-state index >= 15 is 0 Å².